The second-order valence-corrected chi connectivity index (χ2v) is 6.43. The summed E-state index contributed by atoms with van der Waals surface area (Å²) < 4.78 is 14.1. The van der Waals surface area contributed by atoms with E-state index in [9.17, 15) is 9.18 Å². The van der Waals surface area contributed by atoms with Gasteiger partial charge >= 0.3 is 0 Å². The standard InChI is InChI=1S/C17H13ClFN6O/c18-11-4-3-9(5-10(11)15(20)26)16-21-7-12(19)17(23-16)22-14-6-13(24-25-14)8-1-2-8/h3-8,20H,1-2H2,(H2,21,22,23,24,25). The maximum absolute atomic E-state index is 14.1. The number of aromatic amines is 1. The molecule has 2 heterocycles. The number of rotatable bonds is 5. The molecule has 9 heteroatoms. The molecular weight excluding hydrogens is 359 g/mol. The Morgan fingerprint density at radius 2 is 2.15 bits per heavy atom. The van der Waals surface area contributed by atoms with Crippen LogP contribution in [0.25, 0.3) is 11.4 Å². The number of H-pyrrole nitrogens is 1. The molecule has 0 bridgehead atoms. The summed E-state index contributed by atoms with van der Waals surface area (Å²) in [4.78, 5) is 19.5. The van der Waals surface area contributed by atoms with Crippen molar-refractivity contribution in [3.05, 3.63) is 52.6 Å². The van der Waals surface area contributed by atoms with Crippen molar-refractivity contribution >= 4 is 29.1 Å². The lowest BCUT2D eigenvalue weighted by atomic mass is 10.1. The molecule has 1 fully saturated rings. The molecule has 1 aliphatic rings. The highest BCUT2D eigenvalue weighted by atomic mass is 35.5. The van der Waals surface area contributed by atoms with Crippen LogP contribution in [0.5, 0.6) is 0 Å². The fourth-order valence-corrected chi connectivity index (χ4v) is 2.76. The molecule has 1 radical (unpaired) electrons. The van der Waals surface area contributed by atoms with Gasteiger partial charge in [-0.15, -0.1) is 0 Å². The second kappa shape index (κ2) is 6.38. The van der Waals surface area contributed by atoms with Crippen molar-refractivity contribution in [2.75, 3.05) is 5.32 Å². The Labute approximate surface area is 152 Å². The molecule has 0 atom stereocenters. The number of nitrogens with zero attached hydrogens (tertiary/aromatic N) is 3. The summed E-state index contributed by atoms with van der Waals surface area (Å²) in [6, 6.07) is 6.33. The fourth-order valence-electron chi connectivity index (χ4n) is 2.56. The quantitative estimate of drug-likeness (QED) is 0.710. The topological polar surface area (TPSA) is 107 Å². The molecule has 1 amide bonds. The number of amides is 1. The zero-order valence-corrected chi connectivity index (χ0v) is 14.1. The number of carbonyl (C=O) groups excluding carboxylic acids is 1. The molecule has 3 aromatic rings. The van der Waals surface area contributed by atoms with Gasteiger partial charge in [0.2, 0.25) is 0 Å². The van der Waals surface area contributed by atoms with Gasteiger partial charge in [0.05, 0.1) is 16.8 Å². The summed E-state index contributed by atoms with van der Waals surface area (Å²) in [6.07, 6.45) is 3.29. The summed E-state index contributed by atoms with van der Waals surface area (Å²) in [5.41, 5.74) is 8.74. The smallest absolute Gasteiger partial charge is 0.271 e. The normalized spacial score (nSPS) is 13.6. The predicted octanol–water partition coefficient (Wildman–Crippen LogP) is 3.70. The average Bonchev–Trinajstić information content (AvgIpc) is 3.37. The highest BCUT2D eigenvalue weighted by molar-refractivity contribution is 6.33. The monoisotopic (exact) mass is 371 g/mol. The molecule has 0 spiro atoms. The highest BCUT2D eigenvalue weighted by Crippen LogP contribution is 2.39. The van der Waals surface area contributed by atoms with Gasteiger partial charge in [0.1, 0.15) is 0 Å². The number of nitrogens with one attached hydrogen (secondary N) is 3. The Balaban J connectivity index is 1.65. The predicted molar refractivity (Wildman–Crippen MR) is 93.7 cm³/mol. The van der Waals surface area contributed by atoms with Gasteiger partial charge in [-0.1, -0.05) is 11.6 Å². The third kappa shape index (κ3) is 3.23. The summed E-state index contributed by atoms with van der Waals surface area (Å²) in [7, 11) is 0. The minimum atomic E-state index is -0.915. The van der Waals surface area contributed by atoms with Crippen molar-refractivity contribution in [2.45, 2.75) is 18.8 Å². The first-order valence-corrected chi connectivity index (χ1v) is 8.30. The molecule has 3 N–H and O–H groups in total. The van der Waals surface area contributed by atoms with Crippen molar-refractivity contribution in [1.82, 2.24) is 25.9 Å². The van der Waals surface area contributed by atoms with Crippen LogP contribution in [0.4, 0.5) is 16.0 Å². The zero-order valence-electron chi connectivity index (χ0n) is 13.4. The highest BCUT2D eigenvalue weighted by Gasteiger charge is 2.25. The minimum Gasteiger partial charge on any atom is -0.321 e. The first kappa shape index (κ1) is 16.5. The van der Waals surface area contributed by atoms with Gasteiger partial charge < -0.3 is 5.32 Å². The summed E-state index contributed by atoms with van der Waals surface area (Å²) >= 11 is 5.91. The molecule has 0 aliphatic heterocycles. The molecule has 131 valence electrons. The lowest BCUT2D eigenvalue weighted by molar-refractivity contribution is 0.0992. The first-order valence-electron chi connectivity index (χ1n) is 7.92. The van der Waals surface area contributed by atoms with Crippen LogP contribution in [0.3, 0.4) is 0 Å². The van der Waals surface area contributed by atoms with Gasteiger partial charge in [-0.3, -0.25) is 15.6 Å². The van der Waals surface area contributed by atoms with E-state index in [1.54, 1.807) is 6.07 Å². The summed E-state index contributed by atoms with van der Waals surface area (Å²) in [5.74, 6) is -0.409. The Kier molecular flexibility index (Phi) is 4.04. The van der Waals surface area contributed by atoms with Crippen molar-refractivity contribution in [3.8, 4) is 11.4 Å². The number of hydrogen-bond acceptors (Lipinski definition) is 5. The lowest BCUT2D eigenvalue weighted by Gasteiger charge is -2.07. The van der Waals surface area contributed by atoms with Crippen LogP contribution < -0.4 is 11.1 Å². The Morgan fingerprint density at radius 1 is 1.35 bits per heavy atom. The van der Waals surface area contributed by atoms with Crippen LogP contribution in [0.2, 0.25) is 5.02 Å². The van der Waals surface area contributed by atoms with E-state index in [-0.39, 0.29) is 22.2 Å². The van der Waals surface area contributed by atoms with Gasteiger partial charge in [-0.2, -0.15) is 5.10 Å². The van der Waals surface area contributed by atoms with Gasteiger partial charge in [-0.25, -0.2) is 14.4 Å². The van der Waals surface area contributed by atoms with Gasteiger partial charge in [0.25, 0.3) is 5.91 Å². The molecule has 1 saturated carbocycles. The maximum Gasteiger partial charge on any atom is 0.271 e. The SMILES string of the molecule is [NH]C(=O)c1cc(-c2ncc(F)c(Nc3cc(C4CC4)[nH]n3)n2)ccc1Cl. The van der Waals surface area contributed by atoms with Crippen LogP contribution in [0.15, 0.2) is 30.5 Å². The van der Waals surface area contributed by atoms with E-state index < -0.39 is 11.7 Å². The van der Waals surface area contributed by atoms with E-state index in [0.29, 0.717) is 17.3 Å². The summed E-state index contributed by atoms with van der Waals surface area (Å²) in [6.45, 7) is 0. The molecule has 0 unspecified atom stereocenters. The Hall–Kier alpha value is -3.00. The molecule has 1 aliphatic carbocycles. The third-order valence-corrected chi connectivity index (χ3v) is 4.40. The van der Waals surface area contributed by atoms with Crippen molar-refractivity contribution in [2.24, 2.45) is 0 Å². The molecule has 26 heavy (non-hydrogen) atoms. The van der Waals surface area contributed by atoms with Gasteiger partial charge in [0.15, 0.2) is 23.3 Å². The average molecular weight is 372 g/mol. The number of aromatic nitrogens is 4. The maximum atomic E-state index is 14.1. The van der Waals surface area contributed by atoms with Gasteiger partial charge in [-0.05, 0) is 31.0 Å². The number of anilines is 2. The Morgan fingerprint density at radius 3 is 2.88 bits per heavy atom. The first-order chi connectivity index (χ1) is 12.5. The van der Waals surface area contributed by atoms with E-state index in [4.69, 9.17) is 17.3 Å². The largest absolute Gasteiger partial charge is 0.321 e. The molecule has 2 aromatic heterocycles. The minimum absolute atomic E-state index is 0.0300. The second-order valence-electron chi connectivity index (χ2n) is 6.02. The Bertz CT molecular complexity index is 1000. The fraction of sp³-hybridized carbons (Fsp3) is 0.176. The lowest BCUT2D eigenvalue weighted by Crippen LogP contribution is -2.03. The number of benzene rings is 1. The van der Waals surface area contributed by atoms with E-state index in [1.807, 2.05) is 6.07 Å². The zero-order chi connectivity index (χ0) is 18.3. The molecule has 4 rings (SSSR count). The molecule has 7 nitrogen and oxygen atoms in total. The van der Waals surface area contributed by atoms with E-state index in [2.05, 4.69) is 25.5 Å². The molecule has 1 aromatic carbocycles. The van der Waals surface area contributed by atoms with Gasteiger partial charge in [0, 0.05) is 23.2 Å². The number of carbonyl (C=O) groups is 1. The van der Waals surface area contributed by atoms with Crippen molar-refractivity contribution in [1.29, 1.82) is 0 Å². The van der Waals surface area contributed by atoms with Crippen LogP contribution in [0.1, 0.15) is 34.8 Å². The van der Waals surface area contributed by atoms with E-state index >= 15 is 0 Å². The number of halogens is 2. The van der Waals surface area contributed by atoms with Crippen molar-refractivity contribution < 1.29 is 9.18 Å². The van der Waals surface area contributed by atoms with Crippen LogP contribution in [0, 0.1) is 5.82 Å². The van der Waals surface area contributed by atoms with Crippen LogP contribution in [-0.4, -0.2) is 26.1 Å². The van der Waals surface area contributed by atoms with E-state index in [0.717, 1.165) is 24.7 Å². The van der Waals surface area contributed by atoms with Crippen molar-refractivity contribution in [3.63, 3.8) is 0 Å². The third-order valence-electron chi connectivity index (χ3n) is 4.07. The van der Waals surface area contributed by atoms with Crippen LogP contribution >= 0.6 is 11.6 Å². The van der Waals surface area contributed by atoms with Crippen LogP contribution in [-0.2, 0) is 0 Å². The van der Waals surface area contributed by atoms with E-state index in [1.165, 1.54) is 12.1 Å². The number of hydrogen-bond donors (Lipinski definition) is 2. The molecular formula is C17H13ClFN6O. The molecule has 0 saturated heterocycles. The summed E-state index contributed by atoms with van der Waals surface area (Å²) in [5, 5.41) is 10.0.